The molecule has 1 aliphatic carbocycles. The average Bonchev–Trinajstić information content (AvgIpc) is 2.83. The Labute approximate surface area is 202 Å². The highest BCUT2D eigenvalue weighted by Gasteiger charge is 2.31. The molecule has 3 aromatic rings. The number of hydrogen-bond acceptors (Lipinski definition) is 4. The molecular formula is C25H26F3N3O3S. The number of nitrogens with zero attached hydrogens (tertiary/aromatic N) is 1. The van der Waals surface area contributed by atoms with Crippen LogP contribution in [0.1, 0.15) is 49.8 Å². The Morgan fingerprint density at radius 3 is 2.34 bits per heavy atom. The average molecular weight is 506 g/mol. The number of benzene rings is 2. The van der Waals surface area contributed by atoms with Crippen LogP contribution in [0.25, 0.3) is 10.9 Å². The molecule has 0 saturated heterocycles. The number of carbonyl (C=O) groups excluding carboxylic acids is 1. The third kappa shape index (κ3) is 5.99. The normalized spacial score (nSPS) is 19.9. The topological polar surface area (TPSA) is 88.2 Å². The summed E-state index contributed by atoms with van der Waals surface area (Å²) in [4.78, 5) is 17.0. The number of sulfonamides is 1. The fraction of sp³-hybridized carbons (Fsp3) is 0.360. The molecule has 1 fully saturated rings. The van der Waals surface area contributed by atoms with Gasteiger partial charge < -0.3 is 5.32 Å². The van der Waals surface area contributed by atoms with Crippen LogP contribution >= 0.6 is 0 Å². The lowest BCUT2D eigenvalue weighted by molar-refractivity contribution is -0.137. The van der Waals surface area contributed by atoms with Gasteiger partial charge in [0.25, 0.3) is 0 Å². The van der Waals surface area contributed by atoms with Crippen LogP contribution in [-0.4, -0.2) is 25.4 Å². The zero-order valence-electron chi connectivity index (χ0n) is 19.0. The van der Waals surface area contributed by atoms with Gasteiger partial charge in [-0.25, -0.2) is 13.1 Å². The lowest BCUT2D eigenvalue weighted by atomic mass is 9.85. The number of pyridine rings is 1. The second kappa shape index (κ2) is 9.94. The molecule has 1 saturated carbocycles. The number of nitrogens with one attached hydrogen (secondary N) is 2. The van der Waals surface area contributed by atoms with E-state index in [0.717, 1.165) is 17.5 Å². The molecule has 2 N–H and O–H groups in total. The second-order valence-corrected chi connectivity index (χ2v) is 10.6. The minimum Gasteiger partial charge on any atom is -0.349 e. The number of amides is 1. The first-order valence-corrected chi connectivity index (χ1v) is 12.9. The second-order valence-electron chi connectivity index (χ2n) is 8.88. The Balaban J connectivity index is 1.31. The number of rotatable bonds is 6. The largest absolute Gasteiger partial charge is 0.416 e. The van der Waals surface area contributed by atoms with Gasteiger partial charge in [0.05, 0.1) is 17.1 Å². The first-order chi connectivity index (χ1) is 16.5. The van der Waals surface area contributed by atoms with Crippen molar-refractivity contribution in [1.29, 1.82) is 0 Å². The molecule has 1 aliphatic rings. The molecule has 35 heavy (non-hydrogen) atoms. The van der Waals surface area contributed by atoms with Gasteiger partial charge >= 0.3 is 6.18 Å². The monoisotopic (exact) mass is 505 g/mol. The number of fused-ring (bicyclic) bond motifs is 1. The van der Waals surface area contributed by atoms with Crippen molar-refractivity contribution in [2.24, 2.45) is 5.92 Å². The summed E-state index contributed by atoms with van der Waals surface area (Å²) in [5.74, 6) is -0.465. The van der Waals surface area contributed by atoms with Crippen molar-refractivity contribution in [2.75, 3.05) is 0 Å². The predicted octanol–water partition coefficient (Wildman–Crippen LogP) is 4.97. The van der Waals surface area contributed by atoms with Crippen LogP contribution in [0.4, 0.5) is 13.2 Å². The summed E-state index contributed by atoms with van der Waals surface area (Å²) in [7, 11) is -3.75. The van der Waals surface area contributed by atoms with Crippen LogP contribution in [0.15, 0.2) is 65.7 Å². The lowest BCUT2D eigenvalue weighted by Gasteiger charge is -2.29. The molecule has 2 aromatic carbocycles. The molecular weight excluding hydrogens is 479 g/mol. The smallest absolute Gasteiger partial charge is 0.349 e. The van der Waals surface area contributed by atoms with E-state index in [0.29, 0.717) is 36.8 Å². The van der Waals surface area contributed by atoms with Gasteiger partial charge in [-0.15, -0.1) is 0 Å². The molecule has 0 radical (unpaired) electrons. The lowest BCUT2D eigenvalue weighted by Crippen LogP contribution is -2.41. The highest BCUT2D eigenvalue weighted by molar-refractivity contribution is 7.89. The fourth-order valence-electron chi connectivity index (χ4n) is 4.33. The van der Waals surface area contributed by atoms with Gasteiger partial charge in [-0.2, -0.15) is 13.2 Å². The van der Waals surface area contributed by atoms with E-state index in [1.807, 2.05) is 18.2 Å². The van der Waals surface area contributed by atoms with Crippen LogP contribution in [0.2, 0.25) is 0 Å². The molecule has 10 heteroatoms. The van der Waals surface area contributed by atoms with E-state index in [1.54, 1.807) is 19.1 Å². The Morgan fingerprint density at radius 2 is 1.69 bits per heavy atom. The zero-order chi connectivity index (χ0) is 25.2. The van der Waals surface area contributed by atoms with Gasteiger partial charge in [0.2, 0.25) is 15.9 Å². The Kier molecular flexibility index (Phi) is 7.14. The maximum atomic E-state index is 12.8. The molecule has 0 bridgehead atoms. The number of carbonyl (C=O) groups is 1. The van der Waals surface area contributed by atoms with E-state index in [1.165, 1.54) is 18.3 Å². The molecule has 0 aliphatic heterocycles. The summed E-state index contributed by atoms with van der Waals surface area (Å²) in [6, 6.07) is 12.8. The Hall–Kier alpha value is -2.98. The SMILES string of the molecule is CC(NC(=O)C1CCC(NS(=O)(=O)c2cnc3ccccc3c2)CC1)c1ccc(C(F)(F)F)cc1. The summed E-state index contributed by atoms with van der Waals surface area (Å²) in [6.45, 7) is 1.72. The Morgan fingerprint density at radius 1 is 1.03 bits per heavy atom. The Bertz CT molecular complexity index is 1300. The van der Waals surface area contributed by atoms with E-state index in [2.05, 4.69) is 15.0 Å². The number of para-hydroxylation sites is 1. The summed E-state index contributed by atoms with van der Waals surface area (Å²) in [5, 5.41) is 3.60. The summed E-state index contributed by atoms with van der Waals surface area (Å²) < 4.78 is 66.7. The van der Waals surface area contributed by atoms with Gasteiger partial charge in [0.1, 0.15) is 4.90 Å². The molecule has 6 nitrogen and oxygen atoms in total. The van der Waals surface area contributed by atoms with Crippen molar-refractivity contribution in [1.82, 2.24) is 15.0 Å². The van der Waals surface area contributed by atoms with Crippen molar-refractivity contribution >= 4 is 26.8 Å². The minimum absolute atomic E-state index is 0.0985. The van der Waals surface area contributed by atoms with Crippen molar-refractivity contribution in [2.45, 2.75) is 55.8 Å². The van der Waals surface area contributed by atoms with Gasteiger partial charge in [-0.1, -0.05) is 30.3 Å². The summed E-state index contributed by atoms with van der Waals surface area (Å²) in [5.41, 5.74) is 0.556. The van der Waals surface area contributed by atoms with Gasteiger partial charge in [-0.05, 0) is 62.4 Å². The number of halogens is 3. The van der Waals surface area contributed by atoms with Crippen LogP contribution in [0, 0.1) is 5.92 Å². The predicted molar refractivity (Wildman–Crippen MR) is 126 cm³/mol. The molecule has 4 rings (SSSR count). The van der Waals surface area contributed by atoms with Crippen molar-refractivity contribution < 1.29 is 26.4 Å². The van der Waals surface area contributed by atoms with Crippen LogP contribution < -0.4 is 10.0 Å². The molecule has 1 aromatic heterocycles. The maximum absolute atomic E-state index is 12.8. The molecule has 186 valence electrons. The van der Waals surface area contributed by atoms with Crippen LogP contribution in [0.3, 0.4) is 0 Å². The van der Waals surface area contributed by atoms with Gasteiger partial charge in [-0.3, -0.25) is 9.78 Å². The summed E-state index contributed by atoms with van der Waals surface area (Å²) >= 11 is 0. The van der Waals surface area contributed by atoms with Gasteiger partial charge in [0.15, 0.2) is 0 Å². The summed E-state index contributed by atoms with van der Waals surface area (Å²) in [6.07, 6.45) is -1.04. The van der Waals surface area contributed by atoms with E-state index in [-0.39, 0.29) is 22.8 Å². The van der Waals surface area contributed by atoms with Crippen molar-refractivity contribution in [3.05, 3.63) is 71.9 Å². The molecule has 0 spiro atoms. The number of alkyl halides is 3. The fourth-order valence-corrected chi connectivity index (χ4v) is 5.62. The van der Waals surface area contributed by atoms with Crippen LogP contribution in [0.5, 0.6) is 0 Å². The quantitative estimate of drug-likeness (QED) is 0.495. The van der Waals surface area contributed by atoms with Crippen LogP contribution in [-0.2, 0) is 21.0 Å². The third-order valence-corrected chi connectivity index (χ3v) is 7.88. The third-order valence-electron chi connectivity index (χ3n) is 6.39. The molecule has 1 heterocycles. The maximum Gasteiger partial charge on any atom is 0.416 e. The van der Waals surface area contributed by atoms with E-state index in [4.69, 9.17) is 0 Å². The van der Waals surface area contributed by atoms with E-state index in [9.17, 15) is 26.4 Å². The molecule has 1 amide bonds. The van der Waals surface area contributed by atoms with Gasteiger partial charge in [0, 0.05) is 23.5 Å². The van der Waals surface area contributed by atoms with E-state index >= 15 is 0 Å². The standard InChI is InChI=1S/C25H26F3N3O3S/c1-16(17-6-10-20(11-7-17)25(26,27)28)30-24(32)18-8-12-21(13-9-18)31-35(33,34)22-14-19-4-2-3-5-23(19)29-15-22/h2-7,10-11,14-16,18,21,31H,8-9,12-13H2,1H3,(H,30,32). The van der Waals surface area contributed by atoms with Crippen molar-refractivity contribution in [3.63, 3.8) is 0 Å². The molecule has 1 atom stereocenters. The molecule has 1 unspecified atom stereocenters. The first kappa shape index (κ1) is 25.1. The first-order valence-electron chi connectivity index (χ1n) is 11.4. The minimum atomic E-state index is -4.41. The highest BCUT2D eigenvalue weighted by Crippen LogP contribution is 2.30. The number of aromatic nitrogens is 1. The van der Waals surface area contributed by atoms with E-state index < -0.39 is 27.8 Å². The van der Waals surface area contributed by atoms with Crippen molar-refractivity contribution in [3.8, 4) is 0 Å². The number of hydrogen-bond donors (Lipinski definition) is 2. The zero-order valence-corrected chi connectivity index (χ0v) is 19.9. The highest BCUT2D eigenvalue weighted by atomic mass is 32.2.